The van der Waals surface area contributed by atoms with Gasteiger partial charge in [0.2, 0.25) is 0 Å². The van der Waals surface area contributed by atoms with Crippen LogP contribution >= 0.6 is 11.6 Å². The predicted octanol–water partition coefficient (Wildman–Crippen LogP) is 5.87. The van der Waals surface area contributed by atoms with Gasteiger partial charge in [0, 0.05) is 52.7 Å². The van der Waals surface area contributed by atoms with E-state index in [1.54, 1.807) is 0 Å². The van der Waals surface area contributed by atoms with Crippen molar-refractivity contribution >= 4 is 28.4 Å². The lowest BCUT2D eigenvalue weighted by Crippen LogP contribution is -2.46. The van der Waals surface area contributed by atoms with Crippen molar-refractivity contribution in [3.05, 3.63) is 69.9 Å². The zero-order chi connectivity index (χ0) is 24.4. The van der Waals surface area contributed by atoms with Gasteiger partial charge in [-0.15, -0.1) is 0 Å². The topological polar surface area (TPSA) is 57.4 Å². The van der Waals surface area contributed by atoms with Crippen LogP contribution in [-0.2, 0) is 11.3 Å². The van der Waals surface area contributed by atoms with Gasteiger partial charge in [-0.2, -0.15) is 0 Å². The molecule has 3 heterocycles. The van der Waals surface area contributed by atoms with Gasteiger partial charge in [0.1, 0.15) is 0 Å². The number of nitrogens with zero attached hydrogens (tertiary/aromatic N) is 1. The van der Waals surface area contributed by atoms with Crippen molar-refractivity contribution in [1.82, 2.24) is 15.2 Å². The highest BCUT2D eigenvalue weighted by Gasteiger charge is 2.64. The molecule has 1 spiro atoms. The first-order valence-corrected chi connectivity index (χ1v) is 13.8. The van der Waals surface area contributed by atoms with E-state index in [9.17, 15) is 4.79 Å². The van der Waals surface area contributed by atoms with Gasteiger partial charge in [-0.1, -0.05) is 23.7 Å². The second-order valence-corrected chi connectivity index (χ2v) is 12.2. The highest BCUT2D eigenvalue weighted by atomic mass is 35.5. The number of nitrogens with one attached hydrogen (secondary N) is 2. The molecule has 36 heavy (non-hydrogen) atoms. The molecule has 6 heteroatoms. The minimum absolute atomic E-state index is 0.00604. The molecule has 1 amide bonds. The summed E-state index contributed by atoms with van der Waals surface area (Å²) < 4.78 is 5.22. The number of hydrogen-bond donors (Lipinski definition) is 2. The molecule has 2 aliphatic heterocycles. The highest BCUT2D eigenvalue weighted by Crippen LogP contribution is 2.72. The Hall–Kier alpha value is -2.34. The average Bonchev–Trinajstić information content (AvgIpc) is 3.31. The molecule has 2 aliphatic carbocycles. The average molecular weight is 504 g/mol. The number of aryl methyl sites for hydroxylation is 1. The van der Waals surface area contributed by atoms with Gasteiger partial charge >= 0.3 is 0 Å². The van der Waals surface area contributed by atoms with E-state index in [0.29, 0.717) is 23.9 Å². The number of halogens is 1. The SMILES string of the molecule is Cc1cc(Cl)c(CN2CC[C@@]3(C[C@@H]4CC43)C[C@H]2c2ccc(C(=O)NCC3COC3)cc2)c2cc[nH]c12. The summed E-state index contributed by atoms with van der Waals surface area (Å²) >= 11 is 6.83. The van der Waals surface area contributed by atoms with Crippen LogP contribution < -0.4 is 5.32 Å². The molecule has 0 bridgehead atoms. The fraction of sp³-hybridized carbons (Fsp3) is 0.500. The zero-order valence-electron chi connectivity index (χ0n) is 20.9. The van der Waals surface area contributed by atoms with E-state index in [-0.39, 0.29) is 5.91 Å². The maximum Gasteiger partial charge on any atom is 0.251 e. The lowest BCUT2D eigenvalue weighted by Gasteiger charge is -2.52. The van der Waals surface area contributed by atoms with Gasteiger partial charge in [-0.05, 0) is 97.4 Å². The molecular weight excluding hydrogens is 470 g/mol. The van der Waals surface area contributed by atoms with E-state index in [4.69, 9.17) is 16.3 Å². The molecule has 1 unspecified atom stereocenters. The Labute approximate surface area is 217 Å². The van der Waals surface area contributed by atoms with Crippen molar-refractivity contribution in [3.8, 4) is 0 Å². The number of likely N-dealkylation sites (tertiary alicyclic amines) is 1. The summed E-state index contributed by atoms with van der Waals surface area (Å²) in [6, 6.07) is 13.0. The van der Waals surface area contributed by atoms with Gasteiger partial charge in [0.15, 0.2) is 0 Å². The number of carbonyl (C=O) groups excluding carboxylic acids is 1. The van der Waals surface area contributed by atoms with Crippen molar-refractivity contribution in [2.24, 2.45) is 23.2 Å². The van der Waals surface area contributed by atoms with E-state index in [1.807, 2.05) is 18.3 Å². The molecule has 4 fully saturated rings. The standard InChI is InChI=1S/C30H34ClN3O2/c1-18-10-26(31)24(23-6-8-32-28(18)23)15-34-9-7-30(12-22-11-25(22)30)13-27(34)20-2-4-21(5-3-20)29(35)33-14-19-16-36-17-19/h2-6,8,10,19,22,25,27,32H,7,9,11-17H2,1H3,(H,33,35)/t22-,25?,27-,30+/m0/s1. The number of aromatic nitrogens is 1. The minimum Gasteiger partial charge on any atom is -0.381 e. The number of rotatable bonds is 6. The smallest absolute Gasteiger partial charge is 0.251 e. The van der Waals surface area contributed by atoms with Crippen LogP contribution in [0.3, 0.4) is 0 Å². The summed E-state index contributed by atoms with van der Waals surface area (Å²) in [5.74, 6) is 2.40. The fourth-order valence-corrected chi connectivity index (χ4v) is 7.63. The Kier molecular flexibility index (Phi) is 5.46. The molecule has 188 valence electrons. The van der Waals surface area contributed by atoms with Crippen LogP contribution in [-0.4, -0.2) is 42.1 Å². The number of benzene rings is 2. The summed E-state index contributed by atoms with van der Waals surface area (Å²) in [6.45, 7) is 6.24. The monoisotopic (exact) mass is 503 g/mol. The molecule has 5 nitrogen and oxygen atoms in total. The number of hydrogen-bond acceptors (Lipinski definition) is 3. The first-order chi connectivity index (χ1) is 17.5. The van der Waals surface area contributed by atoms with Gasteiger partial charge in [0.25, 0.3) is 5.91 Å². The summed E-state index contributed by atoms with van der Waals surface area (Å²) in [6.07, 6.45) is 7.35. The van der Waals surface area contributed by atoms with Crippen LogP contribution in [0.4, 0.5) is 0 Å². The summed E-state index contributed by atoms with van der Waals surface area (Å²) in [7, 11) is 0. The Bertz CT molecular complexity index is 1310. The Morgan fingerprint density at radius 3 is 2.75 bits per heavy atom. The minimum atomic E-state index is 0.00604. The van der Waals surface area contributed by atoms with Crippen molar-refractivity contribution in [2.45, 2.75) is 45.2 Å². The van der Waals surface area contributed by atoms with Gasteiger partial charge < -0.3 is 15.0 Å². The second kappa shape index (κ2) is 8.61. The van der Waals surface area contributed by atoms with Crippen LogP contribution in [0, 0.1) is 30.1 Å². The van der Waals surface area contributed by atoms with E-state index in [0.717, 1.165) is 48.7 Å². The largest absolute Gasteiger partial charge is 0.381 e. The molecular formula is C30H34ClN3O2. The molecule has 4 aliphatic rings. The van der Waals surface area contributed by atoms with E-state index >= 15 is 0 Å². The summed E-state index contributed by atoms with van der Waals surface area (Å²) in [5.41, 5.74) is 6.16. The van der Waals surface area contributed by atoms with Crippen molar-refractivity contribution in [3.63, 3.8) is 0 Å². The molecule has 2 saturated heterocycles. The van der Waals surface area contributed by atoms with Gasteiger partial charge in [-0.25, -0.2) is 0 Å². The summed E-state index contributed by atoms with van der Waals surface area (Å²) in [4.78, 5) is 18.7. The number of carbonyl (C=O) groups is 1. The molecule has 4 atom stereocenters. The summed E-state index contributed by atoms with van der Waals surface area (Å²) in [5, 5.41) is 5.15. The molecule has 1 aromatic heterocycles. The number of piperidine rings is 1. The van der Waals surface area contributed by atoms with Crippen LogP contribution in [0.1, 0.15) is 58.8 Å². The first-order valence-electron chi connectivity index (χ1n) is 13.5. The number of fused-ring (bicyclic) bond motifs is 3. The highest BCUT2D eigenvalue weighted by molar-refractivity contribution is 6.32. The molecule has 3 aromatic rings. The van der Waals surface area contributed by atoms with Crippen LogP contribution in [0.2, 0.25) is 5.02 Å². The lowest BCUT2D eigenvalue weighted by atomic mass is 9.60. The number of aromatic amines is 1. The van der Waals surface area contributed by atoms with E-state index < -0.39 is 0 Å². The zero-order valence-corrected chi connectivity index (χ0v) is 21.6. The first kappa shape index (κ1) is 22.8. The van der Waals surface area contributed by atoms with Crippen LogP contribution in [0.25, 0.3) is 10.9 Å². The Morgan fingerprint density at radius 1 is 1.22 bits per heavy atom. The third kappa shape index (κ3) is 3.79. The Balaban J connectivity index is 1.15. The fourth-order valence-electron chi connectivity index (χ4n) is 7.30. The predicted molar refractivity (Wildman–Crippen MR) is 142 cm³/mol. The second-order valence-electron chi connectivity index (χ2n) is 11.8. The number of ether oxygens (including phenoxy) is 1. The maximum absolute atomic E-state index is 12.7. The molecule has 7 rings (SSSR count). The van der Waals surface area contributed by atoms with Crippen LogP contribution in [0.15, 0.2) is 42.6 Å². The molecule has 2 aromatic carbocycles. The van der Waals surface area contributed by atoms with Gasteiger partial charge in [-0.3, -0.25) is 9.69 Å². The van der Waals surface area contributed by atoms with Gasteiger partial charge in [0.05, 0.1) is 13.2 Å². The number of H-pyrrole nitrogens is 1. The normalized spacial score (nSPS) is 29.6. The van der Waals surface area contributed by atoms with Crippen molar-refractivity contribution < 1.29 is 9.53 Å². The van der Waals surface area contributed by atoms with Crippen LogP contribution in [0.5, 0.6) is 0 Å². The molecule has 2 N–H and O–H groups in total. The third-order valence-corrected chi connectivity index (χ3v) is 9.93. The third-order valence-electron chi connectivity index (χ3n) is 9.59. The van der Waals surface area contributed by atoms with E-state index in [2.05, 4.69) is 46.4 Å². The number of amides is 1. The maximum atomic E-state index is 12.7. The van der Waals surface area contributed by atoms with E-state index in [1.165, 1.54) is 53.3 Å². The molecule has 0 radical (unpaired) electrons. The quantitative estimate of drug-likeness (QED) is 0.442. The molecule has 2 saturated carbocycles. The van der Waals surface area contributed by atoms with Crippen molar-refractivity contribution in [2.75, 3.05) is 26.3 Å². The van der Waals surface area contributed by atoms with Crippen molar-refractivity contribution in [1.29, 1.82) is 0 Å². The Morgan fingerprint density at radius 2 is 2.06 bits per heavy atom. The lowest BCUT2D eigenvalue weighted by molar-refractivity contribution is -0.0298.